The Bertz CT molecular complexity index is 1430. The van der Waals surface area contributed by atoms with Crippen LogP contribution >= 0.6 is 0 Å². The van der Waals surface area contributed by atoms with Gasteiger partial charge in [0.1, 0.15) is 0 Å². The second-order valence-corrected chi connectivity index (χ2v) is 11.6. The van der Waals surface area contributed by atoms with Crippen molar-refractivity contribution in [2.75, 3.05) is 44.2 Å². The first-order valence-corrected chi connectivity index (χ1v) is 13.9. The number of rotatable bonds is 5. The van der Waals surface area contributed by atoms with Gasteiger partial charge in [0.2, 0.25) is 15.9 Å². The van der Waals surface area contributed by atoms with E-state index in [1.54, 1.807) is 0 Å². The second-order valence-electron chi connectivity index (χ2n) is 9.64. The summed E-state index contributed by atoms with van der Waals surface area (Å²) in [5.74, 6) is -1.51. The number of aromatic nitrogens is 1. The van der Waals surface area contributed by atoms with Crippen LogP contribution in [0.15, 0.2) is 59.5 Å². The number of carboxylic acid groups (broad SMARTS) is 1. The minimum atomic E-state index is -3.82. The Labute approximate surface area is 216 Å². The highest BCUT2D eigenvalue weighted by molar-refractivity contribution is 7.89. The summed E-state index contributed by atoms with van der Waals surface area (Å²) < 4.78 is 27.7. The number of amides is 1. The fraction of sp³-hybridized carbons (Fsp3) is 0.370. The maximum Gasteiger partial charge on any atom is 0.335 e. The van der Waals surface area contributed by atoms with Gasteiger partial charge in [0.15, 0.2) is 0 Å². The number of sulfonamides is 1. The van der Waals surface area contributed by atoms with Gasteiger partial charge in [-0.25, -0.2) is 13.2 Å². The molecular weight excluding hydrogens is 492 g/mol. The number of anilines is 1. The molecule has 0 saturated carbocycles. The number of piperazine rings is 1. The Balaban J connectivity index is 1.25. The van der Waals surface area contributed by atoms with E-state index in [1.165, 1.54) is 28.6 Å². The fourth-order valence-corrected chi connectivity index (χ4v) is 6.78. The van der Waals surface area contributed by atoms with Gasteiger partial charge in [0, 0.05) is 56.0 Å². The van der Waals surface area contributed by atoms with Gasteiger partial charge >= 0.3 is 5.97 Å². The third-order valence-corrected chi connectivity index (χ3v) is 9.11. The van der Waals surface area contributed by atoms with Crippen LogP contribution in [0.5, 0.6) is 0 Å². The summed E-state index contributed by atoms with van der Waals surface area (Å²) in [4.78, 5) is 33.3. The molecule has 5 rings (SSSR count). The summed E-state index contributed by atoms with van der Waals surface area (Å²) in [6.07, 6.45) is 1.25. The first kappa shape index (κ1) is 25.2. The molecule has 0 aliphatic carbocycles. The standard InChI is InChI=1S/C27H30N4O5S/c1-19-17-25(23-6-2-3-7-24(23)28-19)29-13-15-30(16-14-29)26(32)21-5-4-12-31(18-21)37(35,36)22-10-8-20(9-11-22)27(33)34/h2-3,6-11,17,21H,4-5,12-16,18H2,1H3,(H,33,34). The van der Waals surface area contributed by atoms with Crippen LogP contribution in [0.1, 0.15) is 28.9 Å². The molecule has 37 heavy (non-hydrogen) atoms. The number of carbonyl (C=O) groups is 2. The van der Waals surface area contributed by atoms with Gasteiger partial charge in [-0.3, -0.25) is 9.78 Å². The summed E-state index contributed by atoms with van der Waals surface area (Å²) in [6.45, 7) is 5.01. The van der Waals surface area contributed by atoms with Crippen molar-refractivity contribution in [3.8, 4) is 0 Å². The molecule has 1 unspecified atom stereocenters. The minimum Gasteiger partial charge on any atom is -0.478 e. The van der Waals surface area contributed by atoms with Gasteiger partial charge in [-0.1, -0.05) is 18.2 Å². The molecule has 2 aromatic carbocycles. The van der Waals surface area contributed by atoms with Gasteiger partial charge in [-0.15, -0.1) is 0 Å². The van der Waals surface area contributed by atoms with Gasteiger partial charge in [0.25, 0.3) is 0 Å². The monoisotopic (exact) mass is 522 g/mol. The van der Waals surface area contributed by atoms with E-state index in [1.807, 2.05) is 30.0 Å². The van der Waals surface area contributed by atoms with E-state index in [0.29, 0.717) is 45.6 Å². The molecule has 1 aromatic heterocycles. The summed E-state index contributed by atoms with van der Waals surface area (Å²) in [5, 5.41) is 10.2. The lowest BCUT2D eigenvalue weighted by Crippen LogP contribution is -2.53. The van der Waals surface area contributed by atoms with Crippen molar-refractivity contribution in [3.63, 3.8) is 0 Å². The van der Waals surface area contributed by atoms with Gasteiger partial charge < -0.3 is 14.9 Å². The van der Waals surface area contributed by atoms with E-state index < -0.39 is 21.9 Å². The SMILES string of the molecule is Cc1cc(N2CCN(C(=O)C3CCCN(S(=O)(=O)c4ccc(C(=O)O)cc4)C3)CC2)c2ccccc2n1. The van der Waals surface area contributed by atoms with Crippen LogP contribution in [0.2, 0.25) is 0 Å². The molecule has 3 aromatic rings. The largest absolute Gasteiger partial charge is 0.478 e. The molecule has 2 aliphatic rings. The summed E-state index contributed by atoms with van der Waals surface area (Å²) in [6, 6.07) is 15.4. The number of carboxylic acids is 1. The molecule has 2 saturated heterocycles. The topological polar surface area (TPSA) is 111 Å². The van der Waals surface area contributed by atoms with Crippen LogP contribution in [-0.2, 0) is 14.8 Å². The molecule has 194 valence electrons. The number of hydrogen-bond donors (Lipinski definition) is 1. The minimum absolute atomic E-state index is 0.00320. The summed E-state index contributed by atoms with van der Waals surface area (Å²) >= 11 is 0. The smallest absolute Gasteiger partial charge is 0.335 e. The van der Waals surface area contributed by atoms with Crippen molar-refractivity contribution >= 4 is 38.5 Å². The number of hydrogen-bond acceptors (Lipinski definition) is 6. The van der Waals surface area contributed by atoms with Crippen molar-refractivity contribution in [2.45, 2.75) is 24.7 Å². The molecule has 2 fully saturated rings. The van der Waals surface area contributed by atoms with Gasteiger partial charge in [0.05, 0.1) is 21.9 Å². The van der Waals surface area contributed by atoms with E-state index in [0.717, 1.165) is 22.3 Å². The van der Waals surface area contributed by atoms with Crippen LogP contribution in [0.3, 0.4) is 0 Å². The lowest BCUT2D eigenvalue weighted by Gasteiger charge is -2.39. The second kappa shape index (κ2) is 10.1. The molecule has 0 bridgehead atoms. The van der Waals surface area contributed by atoms with E-state index in [9.17, 15) is 18.0 Å². The average Bonchev–Trinajstić information content (AvgIpc) is 2.92. The number of pyridine rings is 1. The average molecular weight is 523 g/mol. The quantitative estimate of drug-likeness (QED) is 0.548. The Morgan fingerprint density at radius 1 is 0.973 bits per heavy atom. The van der Waals surface area contributed by atoms with Gasteiger partial charge in [-0.2, -0.15) is 4.31 Å². The molecular formula is C27H30N4O5S. The predicted molar refractivity (Wildman–Crippen MR) is 140 cm³/mol. The number of fused-ring (bicyclic) bond motifs is 1. The van der Waals surface area contributed by atoms with Crippen LogP contribution < -0.4 is 4.90 Å². The molecule has 1 atom stereocenters. The highest BCUT2D eigenvalue weighted by Crippen LogP contribution is 2.29. The molecule has 2 aliphatic heterocycles. The zero-order chi connectivity index (χ0) is 26.2. The van der Waals surface area contributed by atoms with E-state index >= 15 is 0 Å². The molecule has 1 N–H and O–H groups in total. The van der Waals surface area contributed by atoms with Crippen molar-refractivity contribution in [1.82, 2.24) is 14.2 Å². The molecule has 1 amide bonds. The molecule has 0 spiro atoms. The van der Waals surface area contributed by atoms with E-state index in [2.05, 4.69) is 22.0 Å². The van der Waals surface area contributed by atoms with E-state index in [4.69, 9.17) is 5.11 Å². The van der Waals surface area contributed by atoms with Crippen LogP contribution in [-0.4, -0.2) is 78.9 Å². The third kappa shape index (κ3) is 5.03. The summed E-state index contributed by atoms with van der Waals surface area (Å²) in [5.41, 5.74) is 3.06. The highest BCUT2D eigenvalue weighted by Gasteiger charge is 2.36. The lowest BCUT2D eigenvalue weighted by atomic mass is 9.97. The number of piperidine rings is 1. The predicted octanol–water partition coefficient (Wildman–Crippen LogP) is 2.99. The third-order valence-electron chi connectivity index (χ3n) is 7.23. The normalized spacial score (nSPS) is 19.2. The van der Waals surface area contributed by atoms with Crippen molar-refractivity contribution in [1.29, 1.82) is 0 Å². The Hall–Kier alpha value is -3.50. The zero-order valence-corrected chi connectivity index (χ0v) is 21.5. The van der Waals surface area contributed by atoms with E-state index in [-0.39, 0.29) is 22.9 Å². The van der Waals surface area contributed by atoms with Crippen LogP contribution in [0.25, 0.3) is 10.9 Å². The fourth-order valence-electron chi connectivity index (χ4n) is 5.25. The molecule has 0 radical (unpaired) electrons. The number of nitrogens with zero attached hydrogens (tertiary/aromatic N) is 4. The Morgan fingerprint density at radius 2 is 1.68 bits per heavy atom. The highest BCUT2D eigenvalue weighted by atomic mass is 32.2. The van der Waals surface area contributed by atoms with Gasteiger partial charge in [-0.05, 0) is 56.2 Å². The van der Waals surface area contributed by atoms with Crippen LogP contribution in [0.4, 0.5) is 5.69 Å². The number of benzene rings is 2. The number of para-hydroxylation sites is 1. The number of aryl methyl sites for hydroxylation is 1. The number of aromatic carboxylic acids is 1. The zero-order valence-electron chi connectivity index (χ0n) is 20.7. The maximum absolute atomic E-state index is 13.4. The first-order chi connectivity index (χ1) is 17.7. The lowest BCUT2D eigenvalue weighted by molar-refractivity contribution is -0.137. The van der Waals surface area contributed by atoms with Crippen LogP contribution in [0, 0.1) is 12.8 Å². The Kier molecular flexibility index (Phi) is 6.87. The molecule has 10 heteroatoms. The number of carbonyl (C=O) groups excluding carboxylic acids is 1. The Morgan fingerprint density at radius 3 is 2.38 bits per heavy atom. The molecule has 9 nitrogen and oxygen atoms in total. The van der Waals surface area contributed by atoms with Crippen molar-refractivity contribution in [2.24, 2.45) is 5.92 Å². The molecule has 3 heterocycles. The first-order valence-electron chi connectivity index (χ1n) is 12.5. The maximum atomic E-state index is 13.4. The summed E-state index contributed by atoms with van der Waals surface area (Å²) in [7, 11) is -3.82. The van der Waals surface area contributed by atoms with Crippen molar-refractivity contribution in [3.05, 3.63) is 65.9 Å². The van der Waals surface area contributed by atoms with Crippen molar-refractivity contribution < 1.29 is 23.1 Å².